The van der Waals surface area contributed by atoms with E-state index in [0.29, 0.717) is 6.42 Å². The summed E-state index contributed by atoms with van der Waals surface area (Å²) < 4.78 is 5.17. The number of ether oxygens (including phenoxy) is 1. The average Bonchev–Trinajstić information content (AvgIpc) is 2.76. The van der Waals surface area contributed by atoms with Crippen LogP contribution in [-0.4, -0.2) is 19.2 Å². The quantitative estimate of drug-likeness (QED) is 0.145. The van der Waals surface area contributed by atoms with E-state index in [1.54, 1.807) is 13.3 Å². The number of hydrogen-bond acceptors (Lipinski definition) is 3. The lowest BCUT2D eigenvalue weighted by atomic mass is 10.0. The fourth-order valence-corrected chi connectivity index (χ4v) is 3.61. The summed E-state index contributed by atoms with van der Waals surface area (Å²) in [6.45, 7) is 2.28. The van der Waals surface area contributed by atoms with E-state index in [4.69, 9.17) is 4.74 Å². The number of nitrogens with one attached hydrogen (secondary N) is 1. The van der Waals surface area contributed by atoms with Crippen LogP contribution in [0.2, 0.25) is 0 Å². The van der Waals surface area contributed by atoms with Crippen LogP contribution in [0.5, 0.6) is 5.75 Å². The SMILES string of the molecule is CCCCCCCCCCCCCCCCCC(=O)NN=Cc1cccc(OC)c1. The number of carbonyl (C=O) groups excluding carboxylic acids is 1. The predicted molar refractivity (Wildman–Crippen MR) is 128 cm³/mol. The molecule has 0 saturated carbocycles. The lowest BCUT2D eigenvalue weighted by molar-refractivity contribution is -0.121. The number of rotatable bonds is 19. The van der Waals surface area contributed by atoms with Crippen molar-refractivity contribution in [1.82, 2.24) is 5.43 Å². The van der Waals surface area contributed by atoms with E-state index in [-0.39, 0.29) is 5.91 Å². The van der Waals surface area contributed by atoms with E-state index in [1.165, 1.54) is 83.5 Å². The molecular weight excluding hydrogens is 372 g/mol. The Morgan fingerprint density at radius 3 is 1.93 bits per heavy atom. The molecular formula is C26H44N2O2. The highest BCUT2D eigenvalue weighted by molar-refractivity contribution is 5.82. The van der Waals surface area contributed by atoms with Gasteiger partial charge in [-0.1, -0.05) is 109 Å². The van der Waals surface area contributed by atoms with Gasteiger partial charge in [0.1, 0.15) is 5.75 Å². The number of benzene rings is 1. The summed E-state index contributed by atoms with van der Waals surface area (Å²) in [6, 6.07) is 7.58. The molecule has 0 heterocycles. The third-order valence-electron chi connectivity index (χ3n) is 5.50. The molecule has 0 aliphatic rings. The van der Waals surface area contributed by atoms with Gasteiger partial charge in [-0.15, -0.1) is 0 Å². The average molecular weight is 417 g/mol. The molecule has 0 atom stereocenters. The van der Waals surface area contributed by atoms with Crippen molar-refractivity contribution in [2.24, 2.45) is 5.10 Å². The van der Waals surface area contributed by atoms with Crippen LogP contribution in [0.1, 0.15) is 115 Å². The normalized spacial score (nSPS) is 11.1. The molecule has 0 fully saturated rings. The molecule has 170 valence electrons. The first kappa shape index (κ1) is 26.2. The highest BCUT2D eigenvalue weighted by Gasteiger charge is 2.00. The van der Waals surface area contributed by atoms with E-state index in [0.717, 1.165) is 24.2 Å². The lowest BCUT2D eigenvalue weighted by Crippen LogP contribution is -2.16. The maximum atomic E-state index is 11.8. The second-order valence-corrected chi connectivity index (χ2v) is 8.27. The summed E-state index contributed by atoms with van der Waals surface area (Å²) in [6.07, 6.45) is 22.2. The highest BCUT2D eigenvalue weighted by atomic mass is 16.5. The van der Waals surface area contributed by atoms with E-state index in [2.05, 4.69) is 17.5 Å². The van der Waals surface area contributed by atoms with Gasteiger partial charge < -0.3 is 4.74 Å². The van der Waals surface area contributed by atoms with Crippen LogP contribution in [0.25, 0.3) is 0 Å². The van der Waals surface area contributed by atoms with Crippen molar-refractivity contribution in [2.75, 3.05) is 7.11 Å². The first-order valence-electron chi connectivity index (χ1n) is 12.2. The minimum Gasteiger partial charge on any atom is -0.497 e. The molecule has 4 heteroatoms. The summed E-state index contributed by atoms with van der Waals surface area (Å²) in [4.78, 5) is 11.8. The maximum Gasteiger partial charge on any atom is 0.240 e. The zero-order chi connectivity index (χ0) is 21.7. The summed E-state index contributed by atoms with van der Waals surface area (Å²) in [5.74, 6) is 0.770. The Hall–Kier alpha value is -1.84. The van der Waals surface area contributed by atoms with Gasteiger partial charge in [-0.25, -0.2) is 5.43 Å². The minimum absolute atomic E-state index is 0.0103. The molecule has 0 saturated heterocycles. The lowest BCUT2D eigenvalue weighted by Gasteiger charge is -2.03. The number of amides is 1. The Morgan fingerprint density at radius 2 is 1.40 bits per heavy atom. The molecule has 0 aliphatic carbocycles. The van der Waals surface area contributed by atoms with Gasteiger partial charge in [-0.3, -0.25) is 4.79 Å². The van der Waals surface area contributed by atoms with E-state index < -0.39 is 0 Å². The van der Waals surface area contributed by atoms with Crippen LogP contribution < -0.4 is 10.2 Å². The van der Waals surface area contributed by atoms with Crippen molar-refractivity contribution in [3.8, 4) is 5.75 Å². The van der Waals surface area contributed by atoms with Crippen LogP contribution in [0, 0.1) is 0 Å². The molecule has 1 N–H and O–H groups in total. The zero-order valence-electron chi connectivity index (χ0n) is 19.5. The molecule has 0 aliphatic heterocycles. The summed E-state index contributed by atoms with van der Waals surface area (Å²) in [7, 11) is 1.63. The highest BCUT2D eigenvalue weighted by Crippen LogP contribution is 2.14. The van der Waals surface area contributed by atoms with Crippen molar-refractivity contribution < 1.29 is 9.53 Å². The molecule has 1 aromatic rings. The number of hydrogen-bond donors (Lipinski definition) is 1. The first-order chi connectivity index (χ1) is 14.8. The van der Waals surface area contributed by atoms with Gasteiger partial charge in [0.05, 0.1) is 13.3 Å². The van der Waals surface area contributed by atoms with Gasteiger partial charge in [0.15, 0.2) is 0 Å². The largest absolute Gasteiger partial charge is 0.497 e. The number of carbonyl (C=O) groups is 1. The van der Waals surface area contributed by atoms with Crippen molar-refractivity contribution in [3.05, 3.63) is 29.8 Å². The second kappa shape index (κ2) is 19.1. The monoisotopic (exact) mass is 416 g/mol. The Bertz CT molecular complexity index is 572. The van der Waals surface area contributed by atoms with Gasteiger partial charge in [-0.05, 0) is 24.1 Å². The molecule has 4 nitrogen and oxygen atoms in total. The molecule has 30 heavy (non-hydrogen) atoms. The van der Waals surface area contributed by atoms with E-state index >= 15 is 0 Å². The summed E-state index contributed by atoms with van der Waals surface area (Å²) in [5.41, 5.74) is 3.51. The van der Waals surface area contributed by atoms with Crippen LogP contribution in [0.4, 0.5) is 0 Å². The Labute approximate surface area is 184 Å². The van der Waals surface area contributed by atoms with E-state index in [9.17, 15) is 4.79 Å². The number of methoxy groups -OCH3 is 1. The van der Waals surface area contributed by atoms with Gasteiger partial charge in [0, 0.05) is 6.42 Å². The molecule has 1 rings (SSSR count). The molecule has 1 aromatic carbocycles. The Morgan fingerprint density at radius 1 is 0.867 bits per heavy atom. The summed E-state index contributed by atoms with van der Waals surface area (Å²) >= 11 is 0. The number of hydrazone groups is 1. The zero-order valence-corrected chi connectivity index (χ0v) is 19.5. The molecule has 1 amide bonds. The van der Waals surface area contributed by atoms with Crippen molar-refractivity contribution in [3.63, 3.8) is 0 Å². The molecule has 0 radical (unpaired) electrons. The number of nitrogens with zero attached hydrogens (tertiary/aromatic N) is 1. The Balaban J connectivity index is 1.87. The maximum absolute atomic E-state index is 11.8. The minimum atomic E-state index is -0.0103. The molecule has 0 aromatic heterocycles. The first-order valence-corrected chi connectivity index (χ1v) is 12.2. The van der Waals surface area contributed by atoms with Crippen LogP contribution >= 0.6 is 0 Å². The Kier molecular flexibility index (Phi) is 16.7. The topological polar surface area (TPSA) is 50.7 Å². The predicted octanol–water partition coefficient (Wildman–Crippen LogP) is 7.41. The van der Waals surface area contributed by atoms with Crippen LogP contribution in [-0.2, 0) is 4.79 Å². The number of unbranched alkanes of at least 4 members (excludes halogenated alkanes) is 14. The molecule has 0 unspecified atom stereocenters. The van der Waals surface area contributed by atoms with Crippen molar-refractivity contribution in [1.29, 1.82) is 0 Å². The third kappa shape index (κ3) is 15.1. The van der Waals surface area contributed by atoms with Gasteiger partial charge >= 0.3 is 0 Å². The second-order valence-electron chi connectivity index (χ2n) is 8.27. The van der Waals surface area contributed by atoms with Gasteiger partial charge in [0.25, 0.3) is 0 Å². The van der Waals surface area contributed by atoms with E-state index in [1.807, 2.05) is 24.3 Å². The smallest absolute Gasteiger partial charge is 0.240 e. The standard InChI is InChI=1S/C26H44N2O2/c1-3-4-5-6-7-8-9-10-11-12-13-14-15-16-17-21-26(29)28-27-23-24-19-18-20-25(22-24)30-2/h18-20,22-23H,3-17,21H2,1-2H3,(H,28,29). The molecule has 0 spiro atoms. The van der Waals surface area contributed by atoms with Gasteiger partial charge in [-0.2, -0.15) is 5.10 Å². The van der Waals surface area contributed by atoms with Crippen molar-refractivity contribution >= 4 is 12.1 Å². The van der Waals surface area contributed by atoms with Crippen molar-refractivity contribution in [2.45, 2.75) is 110 Å². The van der Waals surface area contributed by atoms with Gasteiger partial charge in [0.2, 0.25) is 5.91 Å². The van der Waals surface area contributed by atoms with Crippen LogP contribution in [0.15, 0.2) is 29.4 Å². The fourth-order valence-electron chi connectivity index (χ4n) is 3.61. The third-order valence-corrected chi connectivity index (χ3v) is 5.50. The fraction of sp³-hybridized carbons (Fsp3) is 0.692. The molecule has 0 bridgehead atoms. The summed E-state index contributed by atoms with van der Waals surface area (Å²) in [5, 5.41) is 4.03. The van der Waals surface area contributed by atoms with Crippen LogP contribution in [0.3, 0.4) is 0 Å².